The molecule has 3 atom stereocenters. The molecule has 1 saturated heterocycles. The van der Waals surface area contributed by atoms with Crippen molar-refractivity contribution in [3.63, 3.8) is 0 Å². The first-order valence-corrected chi connectivity index (χ1v) is 7.79. The zero-order valence-electron chi connectivity index (χ0n) is 12.4. The Morgan fingerprint density at radius 3 is 3.10 bits per heavy atom. The van der Waals surface area contributed by atoms with Gasteiger partial charge in [0.2, 0.25) is 0 Å². The fourth-order valence-corrected chi connectivity index (χ4v) is 3.36. The van der Waals surface area contributed by atoms with Crippen LogP contribution in [0.15, 0.2) is 18.3 Å². The molecule has 5 heteroatoms. The Morgan fingerprint density at radius 2 is 2.33 bits per heavy atom. The van der Waals surface area contributed by atoms with Crippen LogP contribution >= 0.6 is 0 Å². The minimum absolute atomic E-state index is 0.321. The molecule has 1 aliphatic heterocycles. The molecule has 0 spiro atoms. The minimum Gasteiger partial charge on any atom is -0.462 e. The van der Waals surface area contributed by atoms with Crippen LogP contribution in [0.2, 0.25) is 0 Å². The van der Waals surface area contributed by atoms with Gasteiger partial charge in [0.15, 0.2) is 0 Å². The summed E-state index contributed by atoms with van der Waals surface area (Å²) in [5.41, 5.74) is 0.494. The monoisotopic (exact) mass is 290 g/mol. The Balaban J connectivity index is 1.63. The first kappa shape index (κ1) is 14.3. The average Bonchev–Trinajstić information content (AvgIpc) is 2.98. The smallest absolute Gasteiger partial charge is 0.339 e. The van der Waals surface area contributed by atoms with E-state index in [0.29, 0.717) is 30.2 Å². The fraction of sp³-hybridized carbons (Fsp3) is 0.625. The Morgan fingerprint density at radius 1 is 1.43 bits per heavy atom. The van der Waals surface area contributed by atoms with Gasteiger partial charge in [-0.2, -0.15) is 0 Å². The number of pyridine rings is 1. The van der Waals surface area contributed by atoms with E-state index in [-0.39, 0.29) is 5.97 Å². The number of nitrogens with one attached hydrogen (secondary N) is 1. The summed E-state index contributed by atoms with van der Waals surface area (Å²) in [5.74, 6) is 1.09. The number of aromatic nitrogens is 1. The van der Waals surface area contributed by atoms with Crippen LogP contribution in [0.3, 0.4) is 0 Å². The third-order valence-corrected chi connectivity index (χ3v) is 4.39. The van der Waals surface area contributed by atoms with Crippen LogP contribution in [0, 0.1) is 5.92 Å². The van der Waals surface area contributed by atoms with Crippen molar-refractivity contribution in [3.05, 3.63) is 23.9 Å². The van der Waals surface area contributed by atoms with Gasteiger partial charge in [0.1, 0.15) is 5.82 Å². The van der Waals surface area contributed by atoms with E-state index in [9.17, 15) is 4.79 Å². The first-order valence-electron chi connectivity index (χ1n) is 7.79. The maximum Gasteiger partial charge on any atom is 0.339 e. The summed E-state index contributed by atoms with van der Waals surface area (Å²) < 4.78 is 10.7. The molecule has 114 valence electrons. The summed E-state index contributed by atoms with van der Waals surface area (Å²) in [4.78, 5) is 15.9. The average molecular weight is 290 g/mol. The van der Waals surface area contributed by atoms with Crippen LogP contribution in [0.25, 0.3) is 0 Å². The third-order valence-electron chi connectivity index (χ3n) is 4.39. The summed E-state index contributed by atoms with van der Waals surface area (Å²) in [6.45, 7) is 3.05. The Kier molecular flexibility index (Phi) is 4.39. The molecule has 3 rings (SSSR count). The standard InChI is InChI=1S/C16H22N2O3/c1-2-20-16(19)11-6-7-15(17-10-11)18-13-4-3-5-14-12(13)8-9-21-14/h6-7,10,12-14H,2-5,8-9H2,1H3,(H,17,18). The van der Waals surface area contributed by atoms with Gasteiger partial charge in [0.05, 0.1) is 18.3 Å². The number of nitrogens with zero attached hydrogens (tertiary/aromatic N) is 1. The van der Waals surface area contributed by atoms with Crippen molar-refractivity contribution in [1.29, 1.82) is 0 Å². The lowest BCUT2D eigenvalue weighted by Crippen LogP contribution is -2.38. The molecule has 1 aliphatic carbocycles. The number of esters is 1. The summed E-state index contributed by atoms with van der Waals surface area (Å²) in [7, 11) is 0. The highest BCUT2D eigenvalue weighted by Crippen LogP contribution is 2.35. The van der Waals surface area contributed by atoms with Gasteiger partial charge in [-0.25, -0.2) is 9.78 Å². The molecule has 2 heterocycles. The van der Waals surface area contributed by atoms with Gasteiger partial charge < -0.3 is 14.8 Å². The van der Waals surface area contributed by atoms with Crippen molar-refractivity contribution in [2.45, 2.75) is 44.8 Å². The first-order chi connectivity index (χ1) is 10.3. The molecule has 5 nitrogen and oxygen atoms in total. The van der Waals surface area contributed by atoms with E-state index in [2.05, 4.69) is 10.3 Å². The van der Waals surface area contributed by atoms with Gasteiger partial charge in [-0.1, -0.05) is 0 Å². The van der Waals surface area contributed by atoms with Gasteiger partial charge in [-0.05, 0) is 44.7 Å². The van der Waals surface area contributed by atoms with Crippen molar-refractivity contribution in [1.82, 2.24) is 4.98 Å². The zero-order chi connectivity index (χ0) is 14.7. The number of carbonyl (C=O) groups excluding carboxylic acids is 1. The Labute approximate surface area is 125 Å². The highest BCUT2D eigenvalue weighted by atomic mass is 16.5. The Bertz CT molecular complexity index is 489. The molecule has 21 heavy (non-hydrogen) atoms. The Hall–Kier alpha value is -1.62. The SMILES string of the molecule is CCOC(=O)c1ccc(NC2CCCC3OCCC23)nc1. The van der Waals surface area contributed by atoms with Crippen LogP contribution in [0.5, 0.6) is 0 Å². The molecule has 3 unspecified atom stereocenters. The second kappa shape index (κ2) is 6.43. The minimum atomic E-state index is -0.321. The number of fused-ring (bicyclic) bond motifs is 1. The van der Waals surface area contributed by atoms with E-state index in [4.69, 9.17) is 9.47 Å². The summed E-state index contributed by atoms with van der Waals surface area (Å²) in [6, 6.07) is 4.04. The highest BCUT2D eigenvalue weighted by molar-refractivity contribution is 5.89. The van der Waals surface area contributed by atoms with Crippen molar-refractivity contribution in [2.75, 3.05) is 18.5 Å². The van der Waals surface area contributed by atoms with Gasteiger partial charge in [-0.3, -0.25) is 0 Å². The van der Waals surface area contributed by atoms with Crippen LogP contribution in [-0.4, -0.2) is 36.3 Å². The molecule has 2 fully saturated rings. The van der Waals surface area contributed by atoms with Crippen molar-refractivity contribution >= 4 is 11.8 Å². The van der Waals surface area contributed by atoms with Crippen molar-refractivity contribution < 1.29 is 14.3 Å². The molecule has 1 N–H and O–H groups in total. The molecular formula is C16H22N2O3. The number of carbonyl (C=O) groups is 1. The fourth-order valence-electron chi connectivity index (χ4n) is 3.36. The highest BCUT2D eigenvalue weighted by Gasteiger charge is 2.37. The quantitative estimate of drug-likeness (QED) is 0.864. The van der Waals surface area contributed by atoms with E-state index >= 15 is 0 Å². The molecule has 1 aromatic rings. The number of ether oxygens (including phenoxy) is 2. The number of hydrogen-bond donors (Lipinski definition) is 1. The number of anilines is 1. The maximum atomic E-state index is 11.6. The predicted octanol–water partition coefficient (Wildman–Crippen LogP) is 2.63. The summed E-state index contributed by atoms with van der Waals surface area (Å²) in [5, 5.41) is 3.51. The molecule has 0 amide bonds. The molecule has 1 saturated carbocycles. The van der Waals surface area contributed by atoms with Crippen LogP contribution in [0.4, 0.5) is 5.82 Å². The maximum absolute atomic E-state index is 11.6. The van der Waals surface area contributed by atoms with Crippen LogP contribution in [-0.2, 0) is 9.47 Å². The van der Waals surface area contributed by atoms with Crippen molar-refractivity contribution in [2.24, 2.45) is 5.92 Å². The lowest BCUT2D eigenvalue weighted by Gasteiger charge is -2.33. The topological polar surface area (TPSA) is 60.5 Å². The summed E-state index contributed by atoms with van der Waals surface area (Å²) >= 11 is 0. The van der Waals surface area contributed by atoms with Crippen LogP contribution in [0.1, 0.15) is 43.0 Å². The molecular weight excluding hydrogens is 268 g/mol. The lowest BCUT2D eigenvalue weighted by molar-refractivity contribution is 0.0526. The second-order valence-electron chi connectivity index (χ2n) is 5.70. The molecule has 0 radical (unpaired) electrons. The van der Waals surface area contributed by atoms with E-state index in [1.807, 2.05) is 6.07 Å². The molecule has 1 aromatic heterocycles. The normalized spacial score (nSPS) is 28.0. The van der Waals surface area contributed by atoms with Gasteiger partial charge in [0.25, 0.3) is 0 Å². The van der Waals surface area contributed by atoms with E-state index in [1.54, 1.807) is 19.2 Å². The third kappa shape index (κ3) is 3.18. The van der Waals surface area contributed by atoms with Crippen molar-refractivity contribution in [3.8, 4) is 0 Å². The van der Waals surface area contributed by atoms with Gasteiger partial charge in [0, 0.05) is 24.8 Å². The largest absolute Gasteiger partial charge is 0.462 e. The molecule has 2 aliphatic rings. The van der Waals surface area contributed by atoms with Crippen LogP contribution < -0.4 is 5.32 Å². The van der Waals surface area contributed by atoms with Gasteiger partial charge >= 0.3 is 5.97 Å². The molecule has 0 aromatic carbocycles. The number of rotatable bonds is 4. The lowest BCUT2D eigenvalue weighted by atomic mass is 9.82. The van der Waals surface area contributed by atoms with Gasteiger partial charge in [-0.15, -0.1) is 0 Å². The predicted molar refractivity (Wildman–Crippen MR) is 79.3 cm³/mol. The van der Waals surface area contributed by atoms with E-state index < -0.39 is 0 Å². The van der Waals surface area contributed by atoms with E-state index in [0.717, 1.165) is 25.3 Å². The number of hydrogen-bond acceptors (Lipinski definition) is 5. The second-order valence-corrected chi connectivity index (χ2v) is 5.70. The molecule has 0 bridgehead atoms. The summed E-state index contributed by atoms with van der Waals surface area (Å²) in [6.07, 6.45) is 6.65. The zero-order valence-corrected chi connectivity index (χ0v) is 12.4. The van der Waals surface area contributed by atoms with E-state index in [1.165, 1.54) is 12.8 Å².